The first kappa shape index (κ1) is 25.8. The summed E-state index contributed by atoms with van der Waals surface area (Å²) >= 11 is 0. The lowest BCUT2D eigenvalue weighted by Gasteiger charge is -2.24. The van der Waals surface area contributed by atoms with Crippen LogP contribution in [-0.4, -0.2) is 24.5 Å². The van der Waals surface area contributed by atoms with Gasteiger partial charge in [-0.05, 0) is 66.8 Å². The van der Waals surface area contributed by atoms with Gasteiger partial charge in [0.2, 0.25) is 16.8 Å². The van der Waals surface area contributed by atoms with Crippen molar-refractivity contribution in [1.29, 1.82) is 0 Å². The van der Waals surface area contributed by atoms with Gasteiger partial charge in [0, 0.05) is 18.7 Å². The van der Waals surface area contributed by atoms with Crippen molar-refractivity contribution < 1.29 is 31.1 Å². The van der Waals surface area contributed by atoms with Gasteiger partial charge in [0.05, 0.1) is 16.0 Å². The largest absolute Gasteiger partial charge is 0.454 e. The van der Waals surface area contributed by atoms with Gasteiger partial charge in [-0.3, -0.25) is 4.79 Å². The number of nitrogens with zero attached hydrogens (tertiary/aromatic N) is 1. The normalized spacial score (nSPS) is 13.4. The maximum absolute atomic E-state index is 13.8. The van der Waals surface area contributed by atoms with E-state index in [0.717, 1.165) is 33.6 Å². The van der Waals surface area contributed by atoms with Crippen LogP contribution in [-0.2, 0) is 29.3 Å². The van der Waals surface area contributed by atoms with Crippen LogP contribution >= 0.6 is 0 Å². The molecule has 0 unspecified atom stereocenters. The number of alkyl halides is 3. The van der Waals surface area contributed by atoms with Gasteiger partial charge in [0.15, 0.2) is 11.5 Å². The SMILES string of the molecule is Cc1cc(C)c2[nH]c(=O)c(CN(Cc3ccc4c(c3)OCO4)S(=O)(=O)c3ccccc3C(F)(F)F)cc2c1. The Balaban J connectivity index is 1.62. The quantitative estimate of drug-likeness (QED) is 0.357. The standard InChI is InChI=1S/C27H23F3N2O5S/c1-16-9-17(2)25-19(10-16)12-20(26(33)31-25)14-32(13-18-7-8-22-23(11-18)37-15-36-22)38(34,35)24-6-4-3-5-21(24)27(28,29)30/h3-12H,13-15H2,1-2H3,(H,31,33). The Kier molecular flexibility index (Phi) is 6.44. The van der Waals surface area contributed by atoms with Gasteiger partial charge < -0.3 is 14.5 Å². The molecule has 5 rings (SSSR count). The number of halogens is 3. The zero-order valence-electron chi connectivity index (χ0n) is 20.4. The molecule has 0 spiro atoms. The monoisotopic (exact) mass is 544 g/mol. The first-order chi connectivity index (χ1) is 17.9. The summed E-state index contributed by atoms with van der Waals surface area (Å²) in [5, 5.41) is 0.688. The van der Waals surface area contributed by atoms with E-state index in [1.807, 2.05) is 26.0 Å². The molecule has 1 aromatic heterocycles. The van der Waals surface area contributed by atoms with E-state index in [2.05, 4.69) is 4.98 Å². The number of aromatic nitrogens is 1. The van der Waals surface area contributed by atoms with Crippen molar-refractivity contribution in [3.63, 3.8) is 0 Å². The molecule has 7 nitrogen and oxygen atoms in total. The minimum Gasteiger partial charge on any atom is -0.454 e. The lowest BCUT2D eigenvalue weighted by atomic mass is 10.1. The molecule has 4 aromatic rings. The highest BCUT2D eigenvalue weighted by molar-refractivity contribution is 7.89. The van der Waals surface area contributed by atoms with E-state index in [0.29, 0.717) is 28.0 Å². The maximum atomic E-state index is 13.8. The van der Waals surface area contributed by atoms with Crippen molar-refractivity contribution in [2.45, 2.75) is 38.0 Å². The average molecular weight is 545 g/mol. The number of aryl methyl sites for hydroxylation is 2. The molecule has 0 radical (unpaired) electrons. The minimum absolute atomic E-state index is 0.00502. The van der Waals surface area contributed by atoms with Crippen molar-refractivity contribution >= 4 is 20.9 Å². The number of benzene rings is 3. The van der Waals surface area contributed by atoms with E-state index < -0.39 is 38.8 Å². The van der Waals surface area contributed by atoms with E-state index in [1.165, 1.54) is 6.07 Å². The van der Waals surface area contributed by atoms with Crippen molar-refractivity contribution in [3.8, 4) is 11.5 Å². The van der Waals surface area contributed by atoms with E-state index in [-0.39, 0.29) is 18.9 Å². The number of rotatable bonds is 6. The summed E-state index contributed by atoms with van der Waals surface area (Å²) < 4.78 is 80.5. The van der Waals surface area contributed by atoms with Crippen LogP contribution in [0.3, 0.4) is 0 Å². The van der Waals surface area contributed by atoms with Gasteiger partial charge in [0.1, 0.15) is 0 Å². The molecule has 1 N–H and O–H groups in total. The lowest BCUT2D eigenvalue weighted by Crippen LogP contribution is -2.33. The third kappa shape index (κ3) is 4.86. The van der Waals surface area contributed by atoms with Crippen LogP contribution in [0.5, 0.6) is 11.5 Å². The third-order valence-electron chi connectivity index (χ3n) is 6.32. The number of sulfonamides is 1. The van der Waals surface area contributed by atoms with Gasteiger partial charge in [0.25, 0.3) is 5.56 Å². The molecule has 0 atom stereocenters. The van der Waals surface area contributed by atoms with Gasteiger partial charge in [-0.25, -0.2) is 8.42 Å². The Hall–Kier alpha value is -3.83. The highest BCUT2D eigenvalue weighted by atomic mass is 32.2. The Morgan fingerprint density at radius 3 is 2.45 bits per heavy atom. The molecule has 0 fully saturated rings. The topological polar surface area (TPSA) is 88.7 Å². The predicted octanol–water partition coefficient (Wildman–Crippen LogP) is 5.28. The van der Waals surface area contributed by atoms with Crippen LogP contribution in [0, 0.1) is 13.8 Å². The molecule has 0 aliphatic carbocycles. The Labute approximate surface area is 216 Å². The lowest BCUT2D eigenvalue weighted by molar-refractivity contribution is -0.139. The first-order valence-corrected chi connectivity index (χ1v) is 13.1. The molecule has 0 saturated heterocycles. The zero-order chi connectivity index (χ0) is 27.2. The molecule has 1 aliphatic rings. The predicted molar refractivity (Wildman–Crippen MR) is 134 cm³/mol. The Morgan fingerprint density at radius 2 is 1.68 bits per heavy atom. The van der Waals surface area contributed by atoms with Gasteiger partial charge in [-0.1, -0.05) is 29.8 Å². The van der Waals surface area contributed by atoms with E-state index in [9.17, 15) is 26.4 Å². The second kappa shape index (κ2) is 9.48. The molecular formula is C27H23F3N2O5S. The first-order valence-electron chi connectivity index (χ1n) is 11.6. The van der Waals surface area contributed by atoms with E-state index in [1.54, 1.807) is 24.3 Å². The van der Waals surface area contributed by atoms with Crippen LogP contribution in [0.2, 0.25) is 0 Å². The number of aromatic amines is 1. The van der Waals surface area contributed by atoms with Crippen molar-refractivity contribution in [3.05, 3.63) is 98.8 Å². The number of pyridine rings is 1. The van der Waals surface area contributed by atoms with Crippen molar-refractivity contribution in [2.24, 2.45) is 0 Å². The summed E-state index contributed by atoms with van der Waals surface area (Å²) in [6.07, 6.45) is -4.90. The van der Waals surface area contributed by atoms with Crippen molar-refractivity contribution in [1.82, 2.24) is 9.29 Å². The summed E-state index contributed by atoms with van der Waals surface area (Å²) in [5.41, 5.74) is 1.12. The minimum atomic E-state index is -4.90. The maximum Gasteiger partial charge on any atom is 0.417 e. The third-order valence-corrected chi connectivity index (χ3v) is 8.17. The van der Waals surface area contributed by atoms with Gasteiger partial charge in [-0.2, -0.15) is 17.5 Å². The number of H-pyrrole nitrogens is 1. The Morgan fingerprint density at radius 1 is 0.947 bits per heavy atom. The van der Waals surface area contributed by atoms with Gasteiger partial charge in [-0.15, -0.1) is 0 Å². The Bertz CT molecular complexity index is 1710. The summed E-state index contributed by atoms with van der Waals surface area (Å²) in [6.45, 7) is 2.97. The molecular weight excluding hydrogens is 521 g/mol. The molecule has 11 heteroatoms. The molecule has 0 amide bonds. The fourth-order valence-electron chi connectivity index (χ4n) is 4.57. The highest BCUT2D eigenvalue weighted by Gasteiger charge is 2.39. The number of ether oxygens (including phenoxy) is 2. The second-order valence-corrected chi connectivity index (χ2v) is 11.0. The molecule has 38 heavy (non-hydrogen) atoms. The number of nitrogens with one attached hydrogen (secondary N) is 1. The number of hydrogen-bond acceptors (Lipinski definition) is 5. The summed E-state index contributed by atoms with van der Waals surface area (Å²) in [6, 6.07) is 14.1. The van der Waals surface area contributed by atoms with E-state index in [4.69, 9.17) is 9.47 Å². The summed E-state index contributed by atoms with van der Waals surface area (Å²) in [4.78, 5) is 14.9. The molecule has 198 valence electrons. The number of fused-ring (bicyclic) bond motifs is 2. The van der Waals surface area contributed by atoms with Crippen LogP contribution in [0.25, 0.3) is 10.9 Å². The smallest absolute Gasteiger partial charge is 0.417 e. The molecule has 0 saturated carbocycles. The summed E-state index contributed by atoms with van der Waals surface area (Å²) in [5.74, 6) is 0.868. The van der Waals surface area contributed by atoms with Crippen LogP contribution in [0.4, 0.5) is 13.2 Å². The fourth-order valence-corrected chi connectivity index (χ4v) is 6.19. The zero-order valence-corrected chi connectivity index (χ0v) is 21.2. The summed E-state index contributed by atoms with van der Waals surface area (Å²) in [7, 11) is -4.72. The molecule has 0 bridgehead atoms. The van der Waals surface area contributed by atoms with Crippen LogP contribution in [0.15, 0.2) is 70.4 Å². The van der Waals surface area contributed by atoms with Crippen molar-refractivity contribution in [2.75, 3.05) is 6.79 Å². The fraction of sp³-hybridized carbons (Fsp3) is 0.222. The molecule has 2 heterocycles. The average Bonchev–Trinajstić information content (AvgIpc) is 3.32. The molecule has 1 aliphatic heterocycles. The highest BCUT2D eigenvalue weighted by Crippen LogP contribution is 2.37. The van der Waals surface area contributed by atoms with Crippen LogP contribution in [0.1, 0.15) is 27.8 Å². The molecule has 3 aromatic carbocycles. The van der Waals surface area contributed by atoms with Crippen LogP contribution < -0.4 is 15.0 Å². The second-order valence-electron chi connectivity index (χ2n) is 9.12. The number of hydrogen-bond donors (Lipinski definition) is 1. The van der Waals surface area contributed by atoms with E-state index >= 15 is 0 Å². The van der Waals surface area contributed by atoms with Gasteiger partial charge >= 0.3 is 6.18 Å².